The molecule has 0 unspecified atom stereocenters. The zero-order valence-corrected chi connectivity index (χ0v) is 27.4. The summed E-state index contributed by atoms with van der Waals surface area (Å²) in [6.07, 6.45) is 0. The molecule has 2 nitrogen and oxygen atoms in total. The maximum atomic E-state index is 11.1. The number of fused-ring (bicyclic) bond motifs is 2. The summed E-state index contributed by atoms with van der Waals surface area (Å²) in [6, 6.07) is 40.4. The summed E-state index contributed by atoms with van der Waals surface area (Å²) in [5, 5.41) is 28.5. The van der Waals surface area contributed by atoms with Crippen molar-refractivity contribution in [3.05, 3.63) is 132 Å². The van der Waals surface area contributed by atoms with E-state index in [1.54, 1.807) is 12.1 Å². The zero-order chi connectivity index (χ0) is 30.9. The van der Waals surface area contributed by atoms with Gasteiger partial charge in [-0.3, -0.25) is 0 Å². The summed E-state index contributed by atoms with van der Waals surface area (Å²) in [7, 11) is -3.84. The summed E-state index contributed by atoms with van der Waals surface area (Å²) in [5.41, 5.74) is 10.2. The smallest absolute Gasteiger partial charge is 0.163 e. The molecule has 0 spiro atoms. The first-order valence-corrected chi connectivity index (χ1v) is 20.8. The van der Waals surface area contributed by atoms with Gasteiger partial charge in [0.1, 0.15) is 11.5 Å². The van der Waals surface area contributed by atoms with E-state index in [2.05, 4.69) is 110 Å². The van der Waals surface area contributed by atoms with E-state index in [4.69, 9.17) is 0 Å². The largest absolute Gasteiger partial charge is 0.507 e. The van der Waals surface area contributed by atoms with Gasteiger partial charge >= 0.3 is 0 Å². The summed E-state index contributed by atoms with van der Waals surface area (Å²) >= 11 is 0. The Morgan fingerprint density at radius 3 is 1.23 bits per heavy atom. The number of rotatable bonds is 3. The highest BCUT2D eigenvalue weighted by atomic mass is 28.3. The monoisotopic (exact) mass is 602 g/mol. The molecule has 0 radical (unpaired) electrons. The molecule has 0 saturated heterocycles. The molecule has 214 valence electrons. The van der Waals surface area contributed by atoms with Crippen molar-refractivity contribution in [1.29, 1.82) is 0 Å². The Bertz CT molecular complexity index is 1990. The van der Waals surface area contributed by atoms with Gasteiger partial charge in [0.25, 0.3) is 0 Å². The van der Waals surface area contributed by atoms with E-state index in [-0.39, 0.29) is 11.5 Å². The van der Waals surface area contributed by atoms with Crippen LogP contribution in [0.4, 0.5) is 0 Å². The second-order valence-corrected chi connectivity index (χ2v) is 20.4. The molecule has 6 aromatic carbocycles. The van der Waals surface area contributed by atoms with Gasteiger partial charge < -0.3 is 10.2 Å². The van der Waals surface area contributed by atoms with E-state index in [0.717, 1.165) is 32.7 Å². The van der Waals surface area contributed by atoms with Gasteiger partial charge in [-0.25, -0.2) is 0 Å². The van der Waals surface area contributed by atoms with Crippen molar-refractivity contribution in [2.75, 3.05) is 0 Å². The Hall–Kier alpha value is -5.01. The number of hydrogen-bond acceptors (Lipinski definition) is 2. The second kappa shape index (κ2) is 11.6. The predicted octanol–water partition coefficient (Wildman–Crippen LogP) is 8.08. The maximum absolute atomic E-state index is 11.1. The quantitative estimate of drug-likeness (QED) is 0.159. The van der Waals surface area contributed by atoms with E-state index in [9.17, 15) is 10.2 Å². The van der Waals surface area contributed by atoms with Crippen molar-refractivity contribution in [1.82, 2.24) is 0 Å². The number of phenols is 2. The van der Waals surface area contributed by atoms with Crippen LogP contribution in [-0.2, 0) is 0 Å². The number of benzene rings is 6. The Labute approximate surface area is 261 Å². The first-order valence-electron chi connectivity index (χ1n) is 14.8. The highest BCUT2D eigenvalue weighted by Crippen LogP contribution is 2.44. The molecule has 0 aromatic heterocycles. The van der Waals surface area contributed by atoms with Crippen LogP contribution in [0.3, 0.4) is 0 Å². The van der Waals surface area contributed by atoms with Gasteiger partial charge in [0.15, 0.2) is 16.1 Å². The van der Waals surface area contributed by atoms with Gasteiger partial charge in [0.2, 0.25) is 0 Å². The lowest BCUT2D eigenvalue weighted by atomic mass is 9.91. The van der Waals surface area contributed by atoms with Crippen LogP contribution in [0, 0.1) is 22.9 Å². The molecule has 6 aromatic rings. The van der Waals surface area contributed by atoms with Gasteiger partial charge in [-0.2, -0.15) is 0 Å². The summed E-state index contributed by atoms with van der Waals surface area (Å²) in [5.74, 6) is 7.08. The average Bonchev–Trinajstić information content (AvgIpc) is 3.04. The molecule has 4 heteroatoms. The molecular formula is C40H34O2Si2. The van der Waals surface area contributed by atoms with E-state index in [1.165, 1.54) is 10.4 Å². The van der Waals surface area contributed by atoms with Crippen LogP contribution in [0.25, 0.3) is 32.7 Å². The molecule has 0 aliphatic rings. The Balaban J connectivity index is 1.40. The molecule has 0 amide bonds. The highest BCUT2D eigenvalue weighted by Gasteiger charge is 2.22. The third-order valence-electron chi connectivity index (χ3n) is 8.28. The fourth-order valence-corrected chi connectivity index (χ4v) is 8.88. The van der Waals surface area contributed by atoms with Gasteiger partial charge in [-0.1, -0.05) is 123 Å². The zero-order valence-electron chi connectivity index (χ0n) is 25.4. The normalized spacial score (nSPS) is 11.5. The van der Waals surface area contributed by atoms with E-state index in [1.807, 2.05) is 48.5 Å². The third kappa shape index (κ3) is 5.79. The molecule has 0 aliphatic heterocycles. The Morgan fingerprint density at radius 2 is 0.841 bits per heavy atom. The Kier molecular flexibility index (Phi) is 7.66. The standard InChI is InChI=1S/C40H34O2Si2/c1-43(2,33-11-7-5-8-12-33)25-23-29-15-19-35-31(27-29)17-21-37(41)39(35)40-36-20-16-30(28-32(36)18-22-38(40)42)24-26-44(3,4)34-13-9-6-10-14-34/h5-22,27-28,41-42H,1-4H3. The van der Waals surface area contributed by atoms with E-state index < -0.39 is 16.1 Å². The van der Waals surface area contributed by atoms with Crippen molar-refractivity contribution in [2.45, 2.75) is 26.2 Å². The molecule has 0 atom stereocenters. The van der Waals surface area contributed by atoms with Crippen molar-refractivity contribution >= 4 is 48.1 Å². The lowest BCUT2D eigenvalue weighted by molar-refractivity contribution is 0.470. The second-order valence-electron chi connectivity index (χ2n) is 12.3. The first kappa shape index (κ1) is 29.1. The molecule has 0 fully saturated rings. The summed E-state index contributed by atoms with van der Waals surface area (Å²) < 4.78 is 0. The average molecular weight is 603 g/mol. The fraction of sp³-hybridized carbons (Fsp3) is 0.100. The summed E-state index contributed by atoms with van der Waals surface area (Å²) in [4.78, 5) is 0. The van der Waals surface area contributed by atoms with Crippen LogP contribution in [-0.4, -0.2) is 26.4 Å². The molecule has 0 heterocycles. The van der Waals surface area contributed by atoms with Crippen molar-refractivity contribution in [3.8, 4) is 45.6 Å². The van der Waals surface area contributed by atoms with Crippen LogP contribution >= 0.6 is 0 Å². The number of aromatic hydroxyl groups is 2. The fourth-order valence-electron chi connectivity index (χ4n) is 5.63. The van der Waals surface area contributed by atoms with Crippen molar-refractivity contribution in [3.63, 3.8) is 0 Å². The Morgan fingerprint density at radius 1 is 0.455 bits per heavy atom. The lowest BCUT2D eigenvalue weighted by Gasteiger charge is -2.16. The van der Waals surface area contributed by atoms with Crippen LogP contribution < -0.4 is 10.4 Å². The highest BCUT2D eigenvalue weighted by molar-refractivity contribution is 6.96. The van der Waals surface area contributed by atoms with Gasteiger partial charge in [0.05, 0.1) is 0 Å². The molecule has 2 N–H and O–H groups in total. The van der Waals surface area contributed by atoms with Crippen LogP contribution in [0.5, 0.6) is 11.5 Å². The lowest BCUT2D eigenvalue weighted by Crippen LogP contribution is -2.39. The minimum atomic E-state index is -1.92. The molecule has 0 saturated carbocycles. The minimum absolute atomic E-state index is 0.122. The topological polar surface area (TPSA) is 40.5 Å². The summed E-state index contributed by atoms with van der Waals surface area (Å²) in [6.45, 7) is 9.05. The SMILES string of the molecule is C[Si](C)(C#Cc1ccc2c(-c3c(O)ccc4cc(C#C[Si](C)(C)c5ccccc5)ccc34)c(O)ccc2c1)c1ccccc1. The van der Waals surface area contributed by atoms with Crippen molar-refractivity contribution in [2.24, 2.45) is 0 Å². The predicted molar refractivity (Wildman–Crippen MR) is 191 cm³/mol. The van der Waals surface area contributed by atoms with Crippen LogP contribution in [0.2, 0.25) is 26.2 Å². The molecule has 0 bridgehead atoms. The molecule has 0 aliphatic carbocycles. The van der Waals surface area contributed by atoms with Crippen molar-refractivity contribution < 1.29 is 10.2 Å². The molecular weight excluding hydrogens is 569 g/mol. The van der Waals surface area contributed by atoms with Gasteiger partial charge in [-0.15, -0.1) is 11.1 Å². The first-order chi connectivity index (χ1) is 21.1. The van der Waals surface area contributed by atoms with Gasteiger partial charge in [0, 0.05) is 22.3 Å². The molecule has 6 rings (SSSR count). The molecule has 44 heavy (non-hydrogen) atoms. The van der Waals surface area contributed by atoms with Crippen LogP contribution in [0.15, 0.2) is 121 Å². The maximum Gasteiger partial charge on any atom is 0.163 e. The number of hydrogen-bond donors (Lipinski definition) is 2. The van der Waals surface area contributed by atoms with Crippen LogP contribution in [0.1, 0.15) is 11.1 Å². The van der Waals surface area contributed by atoms with E-state index in [0.29, 0.717) is 11.1 Å². The minimum Gasteiger partial charge on any atom is -0.507 e. The number of phenolic OH excluding ortho intramolecular Hbond substituents is 2. The third-order valence-corrected chi connectivity index (χ3v) is 13.3. The van der Waals surface area contributed by atoms with Gasteiger partial charge in [-0.05, 0) is 68.3 Å². The van der Waals surface area contributed by atoms with E-state index >= 15 is 0 Å².